The van der Waals surface area contributed by atoms with Crippen molar-refractivity contribution in [3.8, 4) is 5.75 Å². The Balaban J connectivity index is 2.40. The molecule has 1 aromatic rings. The molecule has 0 fully saturated rings. The molecule has 19 heavy (non-hydrogen) atoms. The van der Waals surface area contributed by atoms with E-state index in [9.17, 15) is 13.9 Å². The van der Waals surface area contributed by atoms with Crippen LogP contribution in [0.3, 0.4) is 0 Å². The van der Waals surface area contributed by atoms with Crippen LogP contribution in [-0.4, -0.2) is 30.4 Å². The van der Waals surface area contributed by atoms with Crippen molar-refractivity contribution in [2.75, 3.05) is 19.8 Å². The standard InChI is InChI=1S/C14H21F2NO2/c1-3-17-14(2,10-18)8-5-9-19-12-7-4-6-11(15)13(12)16/h4,6-7,17-18H,3,5,8-10H2,1-2H3. The number of aliphatic hydroxyl groups excluding tert-OH is 1. The van der Waals surface area contributed by atoms with Crippen LogP contribution in [0.2, 0.25) is 0 Å². The lowest BCUT2D eigenvalue weighted by Crippen LogP contribution is -2.45. The molecule has 0 aliphatic heterocycles. The lowest BCUT2D eigenvalue weighted by molar-refractivity contribution is 0.157. The maximum atomic E-state index is 13.3. The van der Waals surface area contributed by atoms with E-state index in [1.54, 1.807) is 0 Å². The first-order chi connectivity index (χ1) is 9.02. The summed E-state index contributed by atoms with van der Waals surface area (Å²) < 4.78 is 31.4. The number of likely N-dealkylation sites (N-methyl/N-ethyl adjacent to an activating group) is 1. The summed E-state index contributed by atoms with van der Waals surface area (Å²) in [4.78, 5) is 0. The van der Waals surface area contributed by atoms with Crippen LogP contribution in [0, 0.1) is 11.6 Å². The lowest BCUT2D eigenvalue weighted by atomic mass is 9.97. The maximum Gasteiger partial charge on any atom is 0.200 e. The van der Waals surface area contributed by atoms with Crippen LogP contribution in [0.4, 0.5) is 8.78 Å². The predicted molar refractivity (Wildman–Crippen MR) is 70.3 cm³/mol. The van der Waals surface area contributed by atoms with E-state index >= 15 is 0 Å². The number of aliphatic hydroxyl groups is 1. The normalized spacial score (nSPS) is 14.2. The van der Waals surface area contributed by atoms with Crippen molar-refractivity contribution >= 4 is 0 Å². The molecule has 0 aliphatic rings. The predicted octanol–water partition coefficient (Wildman–Crippen LogP) is 2.48. The molecule has 5 heteroatoms. The fourth-order valence-corrected chi connectivity index (χ4v) is 1.89. The Hall–Kier alpha value is -1.20. The van der Waals surface area contributed by atoms with Gasteiger partial charge >= 0.3 is 0 Å². The van der Waals surface area contributed by atoms with Crippen molar-refractivity contribution in [1.29, 1.82) is 0 Å². The van der Waals surface area contributed by atoms with Crippen molar-refractivity contribution in [3.05, 3.63) is 29.8 Å². The Bertz CT molecular complexity index is 401. The van der Waals surface area contributed by atoms with Gasteiger partial charge in [0.25, 0.3) is 0 Å². The van der Waals surface area contributed by atoms with Gasteiger partial charge in [-0.15, -0.1) is 0 Å². The third-order valence-corrected chi connectivity index (χ3v) is 3.00. The number of nitrogens with one attached hydrogen (secondary N) is 1. The summed E-state index contributed by atoms with van der Waals surface area (Å²) in [6.45, 7) is 4.94. The van der Waals surface area contributed by atoms with Crippen LogP contribution in [0.5, 0.6) is 5.75 Å². The molecular formula is C14H21F2NO2. The van der Waals surface area contributed by atoms with Gasteiger partial charge in [-0.25, -0.2) is 4.39 Å². The minimum Gasteiger partial charge on any atom is -0.490 e. The summed E-state index contributed by atoms with van der Waals surface area (Å²) in [5.74, 6) is -1.95. The average Bonchev–Trinajstić information content (AvgIpc) is 2.40. The van der Waals surface area contributed by atoms with Crippen molar-refractivity contribution in [1.82, 2.24) is 5.32 Å². The van der Waals surface area contributed by atoms with Gasteiger partial charge in [-0.05, 0) is 38.4 Å². The molecular weight excluding hydrogens is 252 g/mol. The van der Waals surface area contributed by atoms with Crippen molar-refractivity contribution in [2.24, 2.45) is 0 Å². The fraction of sp³-hybridized carbons (Fsp3) is 0.571. The molecule has 0 heterocycles. The molecule has 1 unspecified atom stereocenters. The van der Waals surface area contributed by atoms with Crippen LogP contribution in [0.25, 0.3) is 0 Å². The van der Waals surface area contributed by atoms with Gasteiger partial charge in [-0.3, -0.25) is 0 Å². The van der Waals surface area contributed by atoms with Crippen LogP contribution >= 0.6 is 0 Å². The smallest absolute Gasteiger partial charge is 0.200 e. The second kappa shape index (κ2) is 7.40. The quantitative estimate of drug-likeness (QED) is 0.715. The van der Waals surface area contributed by atoms with Gasteiger partial charge in [0.05, 0.1) is 13.2 Å². The Morgan fingerprint density at radius 1 is 1.37 bits per heavy atom. The number of ether oxygens (including phenoxy) is 1. The molecule has 0 amide bonds. The Labute approximate surface area is 112 Å². The maximum absolute atomic E-state index is 13.3. The van der Waals surface area contributed by atoms with Gasteiger partial charge in [0.1, 0.15) is 0 Å². The van der Waals surface area contributed by atoms with Crippen LogP contribution in [-0.2, 0) is 0 Å². The molecule has 1 aromatic carbocycles. The number of hydrogen-bond acceptors (Lipinski definition) is 3. The van der Waals surface area contributed by atoms with Gasteiger partial charge in [0, 0.05) is 5.54 Å². The molecule has 0 aliphatic carbocycles. The number of rotatable bonds is 8. The Kier molecular flexibility index (Phi) is 6.18. The Morgan fingerprint density at radius 2 is 2.11 bits per heavy atom. The van der Waals surface area contributed by atoms with Crippen LogP contribution in [0.1, 0.15) is 26.7 Å². The summed E-state index contributed by atoms with van der Waals surface area (Å²) >= 11 is 0. The van der Waals surface area contributed by atoms with Gasteiger partial charge in [-0.1, -0.05) is 13.0 Å². The van der Waals surface area contributed by atoms with E-state index in [0.29, 0.717) is 12.8 Å². The first-order valence-electron chi connectivity index (χ1n) is 6.45. The highest BCUT2D eigenvalue weighted by atomic mass is 19.2. The summed E-state index contributed by atoms with van der Waals surface area (Å²) in [7, 11) is 0. The Morgan fingerprint density at radius 3 is 2.74 bits per heavy atom. The van der Waals surface area contributed by atoms with Crippen molar-refractivity contribution < 1.29 is 18.6 Å². The van der Waals surface area contributed by atoms with Gasteiger partial charge < -0.3 is 15.2 Å². The van der Waals surface area contributed by atoms with Gasteiger partial charge in [-0.2, -0.15) is 4.39 Å². The number of benzene rings is 1. The molecule has 108 valence electrons. The van der Waals surface area contributed by atoms with Gasteiger partial charge in [0.15, 0.2) is 11.6 Å². The first kappa shape index (κ1) is 15.9. The fourth-order valence-electron chi connectivity index (χ4n) is 1.89. The second-order valence-corrected chi connectivity index (χ2v) is 4.75. The molecule has 0 spiro atoms. The van der Waals surface area contributed by atoms with E-state index in [0.717, 1.165) is 12.6 Å². The van der Waals surface area contributed by atoms with Gasteiger partial charge in [0.2, 0.25) is 5.82 Å². The third kappa shape index (κ3) is 4.76. The second-order valence-electron chi connectivity index (χ2n) is 4.75. The molecule has 0 saturated carbocycles. The third-order valence-electron chi connectivity index (χ3n) is 3.00. The molecule has 0 saturated heterocycles. The summed E-state index contributed by atoms with van der Waals surface area (Å²) in [6.07, 6.45) is 1.33. The first-order valence-corrected chi connectivity index (χ1v) is 6.45. The van der Waals surface area contributed by atoms with Crippen molar-refractivity contribution in [3.63, 3.8) is 0 Å². The zero-order valence-corrected chi connectivity index (χ0v) is 11.4. The molecule has 0 radical (unpaired) electrons. The average molecular weight is 273 g/mol. The number of hydrogen-bond donors (Lipinski definition) is 2. The highest BCUT2D eigenvalue weighted by Crippen LogP contribution is 2.20. The molecule has 2 N–H and O–H groups in total. The zero-order valence-electron chi connectivity index (χ0n) is 11.4. The number of halogens is 2. The highest BCUT2D eigenvalue weighted by molar-refractivity contribution is 5.24. The summed E-state index contributed by atoms with van der Waals surface area (Å²) in [5.41, 5.74) is -0.363. The van der Waals surface area contributed by atoms with Crippen molar-refractivity contribution in [2.45, 2.75) is 32.2 Å². The topological polar surface area (TPSA) is 41.5 Å². The van der Waals surface area contributed by atoms with Crippen LogP contribution in [0.15, 0.2) is 18.2 Å². The molecule has 0 bridgehead atoms. The summed E-state index contributed by atoms with van der Waals surface area (Å²) in [6, 6.07) is 3.86. The molecule has 0 aromatic heterocycles. The van der Waals surface area contributed by atoms with E-state index in [4.69, 9.17) is 4.74 Å². The van der Waals surface area contributed by atoms with Crippen LogP contribution < -0.4 is 10.1 Å². The van der Waals surface area contributed by atoms with E-state index in [2.05, 4.69) is 5.32 Å². The van der Waals surface area contributed by atoms with E-state index in [1.165, 1.54) is 12.1 Å². The van der Waals surface area contributed by atoms with E-state index in [1.807, 2.05) is 13.8 Å². The summed E-state index contributed by atoms with van der Waals surface area (Å²) in [5, 5.41) is 12.5. The molecule has 1 rings (SSSR count). The SMILES string of the molecule is CCNC(C)(CO)CCCOc1cccc(F)c1F. The molecule has 1 atom stereocenters. The lowest BCUT2D eigenvalue weighted by Gasteiger charge is -2.28. The van der Waals surface area contributed by atoms with E-state index < -0.39 is 11.6 Å². The minimum atomic E-state index is -0.959. The monoisotopic (exact) mass is 273 g/mol. The zero-order chi connectivity index (χ0) is 14.3. The minimum absolute atomic E-state index is 0.0230. The molecule has 3 nitrogen and oxygen atoms in total. The largest absolute Gasteiger partial charge is 0.490 e. The highest BCUT2D eigenvalue weighted by Gasteiger charge is 2.21. The van der Waals surface area contributed by atoms with E-state index in [-0.39, 0.29) is 24.5 Å².